The summed E-state index contributed by atoms with van der Waals surface area (Å²) >= 11 is 1.42. The van der Waals surface area contributed by atoms with Crippen LogP contribution in [0.15, 0.2) is 18.9 Å². The maximum absolute atomic E-state index is 3.82. The van der Waals surface area contributed by atoms with Gasteiger partial charge in [-0.1, -0.05) is 0 Å². The third-order valence-corrected chi connectivity index (χ3v) is 1.68. The molecule has 0 aliphatic heterocycles. The molecule has 2 heterocycles. The van der Waals surface area contributed by atoms with Crippen LogP contribution < -0.4 is 0 Å². The number of nitrogens with one attached hydrogen (secondary N) is 1. The van der Waals surface area contributed by atoms with Gasteiger partial charge in [0.05, 0.1) is 6.33 Å². The van der Waals surface area contributed by atoms with Gasteiger partial charge in [0, 0.05) is 11.9 Å². The normalized spacial score (nSPS) is 8.83. The first kappa shape index (κ1) is 8.86. The molecule has 0 amide bonds. The van der Waals surface area contributed by atoms with Crippen LogP contribution >= 0.6 is 11.5 Å². The van der Waals surface area contributed by atoms with Crippen LogP contribution in [0.1, 0.15) is 10.7 Å². The molecule has 0 spiro atoms. The predicted molar refractivity (Wildman–Crippen MR) is 48.0 cm³/mol. The first-order valence-electron chi connectivity index (χ1n) is 3.47. The monoisotopic (exact) mass is 182 g/mol. The standard InChI is InChI=1S/C4H6N2.C3H4N2S/c1-4-2-5-3-6-4;1-3-4-2-5-6-3/h2-3H,1H3,(H,5,6);2H,1H3. The average Bonchev–Trinajstić information content (AvgIpc) is 2.63. The Labute approximate surface area is 74.9 Å². The number of aryl methyl sites for hydroxylation is 2. The van der Waals surface area contributed by atoms with Gasteiger partial charge in [-0.3, -0.25) is 0 Å². The van der Waals surface area contributed by atoms with E-state index >= 15 is 0 Å². The third-order valence-electron chi connectivity index (χ3n) is 1.11. The highest BCUT2D eigenvalue weighted by Crippen LogP contribution is 1.92. The van der Waals surface area contributed by atoms with Gasteiger partial charge < -0.3 is 4.98 Å². The zero-order valence-electron chi connectivity index (χ0n) is 6.98. The minimum absolute atomic E-state index is 1.02. The van der Waals surface area contributed by atoms with Crippen molar-refractivity contribution in [3.05, 3.63) is 29.6 Å². The van der Waals surface area contributed by atoms with E-state index < -0.39 is 0 Å². The SMILES string of the molecule is Cc1cnc[nH]1.Cc1ncns1. The summed E-state index contributed by atoms with van der Waals surface area (Å²) in [7, 11) is 0. The van der Waals surface area contributed by atoms with E-state index in [1.54, 1.807) is 18.9 Å². The van der Waals surface area contributed by atoms with Crippen molar-refractivity contribution >= 4 is 11.5 Å². The van der Waals surface area contributed by atoms with Crippen LogP contribution in [0.5, 0.6) is 0 Å². The second-order valence-electron chi connectivity index (χ2n) is 2.19. The van der Waals surface area contributed by atoms with Crippen molar-refractivity contribution in [3.63, 3.8) is 0 Å². The Morgan fingerprint density at radius 3 is 2.42 bits per heavy atom. The Kier molecular flexibility index (Phi) is 3.40. The molecule has 0 saturated heterocycles. The molecule has 4 nitrogen and oxygen atoms in total. The zero-order chi connectivity index (χ0) is 8.81. The van der Waals surface area contributed by atoms with Gasteiger partial charge in [0.15, 0.2) is 0 Å². The number of hydrogen-bond acceptors (Lipinski definition) is 4. The number of aromatic nitrogens is 4. The van der Waals surface area contributed by atoms with Crippen molar-refractivity contribution in [2.45, 2.75) is 13.8 Å². The molecule has 0 bridgehead atoms. The summed E-state index contributed by atoms with van der Waals surface area (Å²) in [5.41, 5.74) is 1.11. The van der Waals surface area contributed by atoms with Crippen LogP contribution in [0.2, 0.25) is 0 Å². The van der Waals surface area contributed by atoms with Gasteiger partial charge in [0.2, 0.25) is 0 Å². The van der Waals surface area contributed by atoms with E-state index in [1.165, 1.54) is 11.5 Å². The van der Waals surface area contributed by atoms with Gasteiger partial charge in [0.1, 0.15) is 11.3 Å². The highest BCUT2D eigenvalue weighted by atomic mass is 32.1. The summed E-state index contributed by atoms with van der Waals surface area (Å²) in [4.78, 5) is 10.5. The molecule has 0 unspecified atom stereocenters. The van der Waals surface area contributed by atoms with Crippen molar-refractivity contribution in [1.29, 1.82) is 0 Å². The van der Waals surface area contributed by atoms with E-state index in [-0.39, 0.29) is 0 Å². The second-order valence-corrected chi connectivity index (χ2v) is 3.18. The number of H-pyrrole nitrogens is 1. The van der Waals surface area contributed by atoms with E-state index in [4.69, 9.17) is 0 Å². The summed E-state index contributed by atoms with van der Waals surface area (Å²) in [5.74, 6) is 0. The molecule has 0 atom stereocenters. The molecule has 2 rings (SSSR count). The molecule has 2 aromatic rings. The Hall–Kier alpha value is -1.23. The molecule has 0 radical (unpaired) electrons. The summed E-state index contributed by atoms with van der Waals surface area (Å²) in [6.07, 6.45) is 5.00. The Morgan fingerprint density at radius 2 is 2.25 bits per heavy atom. The average molecular weight is 182 g/mol. The number of nitrogens with zero attached hydrogens (tertiary/aromatic N) is 3. The first-order chi connectivity index (χ1) is 5.79. The molecule has 0 saturated carbocycles. The minimum atomic E-state index is 1.02. The third kappa shape index (κ3) is 3.25. The first-order valence-corrected chi connectivity index (χ1v) is 4.24. The predicted octanol–water partition coefficient (Wildman–Crippen LogP) is 1.56. The maximum atomic E-state index is 3.82. The molecular formula is C7H10N4S. The van der Waals surface area contributed by atoms with Crippen LogP contribution in [0.3, 0.4) is 0 Å². The largest absolute Gasteiger partial charge is 0.349 e. The van der Waals surface area contributed by atoms with Crippen LogP contribution in [0.25, 0.3) is 0 Å². The van der Waals surface area contributed by atoms with Gasteiger partial charge >= 0.3 is 0 Å². The number of imidazole rings is 1. The maximum Gasteiger partial charge on any atom is 0.129 e. The molecule has 2 aromatic heterocycles. The van der Waals surface area contributed by atoms with Gasteiger partial charge in [-0.25, -0.2) is 9.97 Å². The van der Waals surface area contributed by atoms with Crippen LogP contribution in [0, 0.1) is 13.8 Å². The van der Waals surface area contributed by atoms with Crippen LogP contribution in [-0.2, 0) is 0 Å². The smallest absolute Gasteiger partial charge is 0.129 e. The fourth-order valence-electron chi connectivity index (χ4n) is 0.554. The summed E-state index contributed by atoms with van der Waals surface area (Å²) in [6.45, 7) is 3.89. The quantitative estimate of drug-likeness (QED) is 0.672. The van der Waals surface area contributed by atoms with E-state index in [2.05, 4.69) is 19.3 Å². The molecule has 0 fully saturated rings. The summed E-state index contributed by atoms with van der Waals surface area (Å²) in [6, 6.07) is 0. The van der Waals surface area contributed by atoms with Crippen LogP contribution in [-0.4, -0.2) is 19.3 Å². The number of hydrogen-bond donors (Lipinski definition) is 1. The van der Waals surface area contributed by atoms with E-state index in [1.807, 2.05) is 13.8 Å². The topological polar surface area (TPSA) is 54.5 Å². The molecule has 5 heteroatoms. The van der Waals surface area contributed by atoms with E-state index in [0.717, 1.165) is 10.7 Å². The van der Waals surface area contributed by atoms with Crippen molar-refractivity contribution in [1.82, 2.24) is 19.3 Å². The highest BCUT2D eigenvalue weighted by Gasteiger charge is 1.78. The van der Waals surface area contributed by atoms with Crippen molar-refractivity contribution in [2.24, 2.45) is 0 Å². The van der Waals surface area contributed by atoms with Gasteiger partial charge in [-0.05, 0) is 25.4 Å². The molecule has 12 heavy (non-hydrogen) atoms. The molecule has 1 N–H and O–H groups in total. The van der Waals surface area contributed by atoms with Crippen molar-refractivity contribution in [2.75, 3.05) is 0 Å². The lowest BCUT2D eigenvalue weighted by Crippen LogP contribution is -1.59. The second kappa shape index (κ2) is 4.61. The Morgan fingerprint density at radius 1 is 1.42 bits per heavy atom. The lowest BCUT2D eigenvalue weighted by atomic mass is 10.6. The molecule has 0 aliphatic rings. The molecule has 0 aliphatic carbocycles. The summed E-state index contributed by atoms with van der Waals surface area (Å²) < 4.78 is 3.75. The van der Waals surface area contributed by atoms with E-state index in [9.17, 15) is 0 Å². The van der Waals surface area contributed by atoms with Crippen molar-refractivity contribution < 1.29 is 0 Å². The molecule has 64 valence electrons. The van der Waals surface area contributed by atoms with Gasteiger partial charge in [-0.2, -0.15) is 4.37 Å². The van der Waals surface area contributed by atoms with Gasteiger partial charge in [0.25, 0.3) is 0 Å². The fourth-order valence-corrected chi connectivity index (χ4v) is 0.895. The fraction of sp³-hybridized carbons (Fsp3) is 0.286. The summed E-state index contributed by atoms with van der Waals surface area (Å²) in [5, 5.41) is 1.02. The Balaban J connectivity index is 0.000000120. The molecule has 0 aromatic carbocycles. The van der Waals surface area contributed by atoms with Crippen LogP contribution in [0.4, 0.5) is 0 Å². The molecular weight excluding hydrogens is 172 g/mol. The number of aromatic amines is 1. The zero-order valence-corrected chi connectivity index (χ0v) is 7.80. The van der Waals surface area contributed by atoms with E-state index in [0.29, 0.717) is 0 Å². The van der Waals surface area contributed by atoms with Gasteiger partial charge in [-0.15, -0.1) is 0 Å². The lowest BCUT2D eigenvalue weighted by Gasteiger charge is -1.67. The Bertz CT molecular complexity index is 255. The lowest BCUT2D eigenvalue weighted by molar-refractivity contribution is 1.25. The minimum Gasteiger partial charge on any atom is -0.349 e. The number of rotatable bonds is 0. The highest BCUT2D eigenvalue weighted by molar-refractivity contribution is 7.05. The van der Waals surface area contributed by atoms with Crippen molar-refractivity contribution in [3.8, 4) is 0 Å².